The highest BCUT2D eigenvalue weighted by molar-refractivity contribution is 7.98. The highest BCUT2D eigenvalue weighted by Crippen LogP contribution is 2.30. The van der Waals surface area contributed by atoms with Crippen molar-refractivity contribution in [3.05, 3.63) is 77.7 Å². The van der Waals surface area contributed by atoms with Crippen LogP contribution in [0.3, 0.4) is 0 Å². The van der Waals surface area contributed by atoms with Crippen LogP contribution < -0.4 is 10.1 Å². The van der Waals surface area contributed by atoms with Gasteiger partial charge in [0.2, 0.25) is 0 Å². The van der Waals surface area contributed by atoms with Crippen LogP contribution in [0.1, 0.15) is 15.9 Å². The van der Waals surface area contributed by atoms with E-state index in [4.69, 9.17) is 0 Å². The first-order valence-corrected chi connectivity index (χ1v) is 10.9. The molecule has 3 rings (SSSR count). The summed E-state index contributed by atoms with van der Waals surface area (Å²) in [4.78, 5) is 16.3. The van der Waals surface area contributed by atoms with Crippen LogP contribution in [-0.2, 0) is 16.8 Å². The smallest absolute Gasteiger partial charge is 0.406 e. The van der Waals surface area contributed by atoms with Gasteiger partial charge in [-0.15, -0.1) is 24.9 Å². The quantitative estimate of drug-likeness (QED) is 0.270. The van der Waals surface area contributed by atoms with Crippen LogP contribution in [0, 0.1) is 5.82 Å². The summed E-state index contributed by atoms with van der Waals surface area (Å²) in [5, 5.41) is 3.02. The fraction of sp³-hybridized carbons (Fsp3) is 0.100. The van der Waals surface area contributed by atoms with Crippen LogP contribution in [0.15, 0.2) is 70.7 Å². The van der Waals surface area contributed by atoms with Crippen LogP contribution in [0.2, 0.25) is 0 Å². The Labute approximate surface area is 186 Å². The lowest BCUT2D eigenvalue weighted by atomic mass is 10.2. The number of alkyl halides is 3. The molecule has 12 heteroatoms. The molecule has 1 heterocycles. The zero-order chi connectivity index (χ0) is 23.3. The van der Waals surface area contributed by atoms with E-state index in [2.05, 4.69) is 15.0 Å². The number of carbonyl (C=O) groups is 1. The van der Waals surface area contributed by atoms with Crippen molar-refractivity contribution in [1.29, 1.82) is 0 Å². The predicted molar refractivity (Wildman–Crippen MR) is 110 cm³/mol. The molecule has 3 aromatic rings. The Morgan fingerprint density at radius 3 is 2.44 bits per heavy atom. The minimum Gasteiger partial charge on any atom is -0.406 e. The number of benzene rings is 2. The lowest BCUT2D eigenvalue weighted by molar-refractivity contribution is -0.274. The molecule has 168 valence electrons. The predicted octanol–water partition coefficient (Wildman–Crippen LogP) is 5.24. The Morgan fingerprint density at radius 2 is 1.84 bits per heavy atom. The summed E-state index contributed by atoms with van der Waals surface area (Å²) in [6.45, 7) is 0. The average molecular weight is 486 g/mol. The van der Waals surface area contributed by atoms with Gasteiger partial charge < -0.3 is 14.6 Å². The number of rotatable bonds is 7. The van der Waals surface area contributed by atoms with Crippen molar-refractivity contribution in [3.63, 3.8) is 0 Å². The number of pyridine rings is 1. The van der Waals surface area contributed by atoms with E-state index in [0.717, 1.165) is 30.0 Å². The van der Waals surface area contributed by atoms with Crippen molar-refractivity contribution in [2.24, 2.45) is 0 Å². The molecule has 0 radical (unpaired) electrons. The minimum atomic E-state index is -4.89. The second kappa shape index (κ2) is 10.1. The van der Waals surface area contributed by atoms with Crippen LogP contribution in [0.25, 0.3) is 0 Å². The zero-order valence-corrected chi connectivity index (χ0v) is 17.6. The second-order valence-electron chi connectivity index (χ2n) is 6.20. The maximum atomic E-state index is 12.9. The summed E-state index contributed by atoms with van der Waals surface area (Å²) in [5.41, 5.74) is 0.800. The van der Waals surface area contributed by atoms with Gasteiger partial charge in [-0.25, -0.2) is 13.6 Å². The van der Waals surface area contributed by atoms with Crippen molar-refractivity contribution in [2.75, 3.05) is 5.32 Å². The van der Waals surface area contributed by atoms with Crippen LogP contribution in [-0.4, -0.2) is 26.0 Å². The van der Waals surface area contributed by atoms with E-state index in [1.54, 1.807) is 0 Å². The second-order valence-corrected chi connectivity index (χ2v) is 8.14. The number of ether oxygens (including phenoxy) is 1. The molecule has 0 spiro atoms. The third-order valence-electron chi connectivity index (χ3n) is 3.93. The maximum Gasteiger partial charge on any atom is 0.573 e. The number of hydrogen-bond acceptors (Lipinski definition) is 5. The molecule has 0 aliphatic heterocycles. The first kappa shape index (κ1) is 23.7. The van der Waals surface area contributed by atoms with Gasteiger partial charge in [-0.05, 0) is 60.2 Å². The van der Waals surface area contributed by atoms with Gasteiger partial charge in [0.15, 0.2) is 11.1 Å². The molecule has 1 amide bonds. The Morgan fingerprint density at radius 1 is 1.12 bits per heavy atom. The summed E-state index contributed by atoms with van der Waals surface area (Å²) in [6.07, 6.45) is -3.59. The number of carbonyl (C=O) groups excluding carboxylic acids is 1. The van der Waals surface area contributed by atoms with E-state index in [1.165, 1.54) is 42.6 Å². The SMILES string of the molecule is O=C(Nc1ccc(F)cc1)c1ccc(SCc2cc(OC(F)(F)F)ccc2S(=O)O)nc1. The third kappa shape index (κ3) is 6.77. The molecule has 0 saturated heterocycles. The highest BCUT2D eigenvalue weighted by atomic mass is 32.2. The molecule has 1 aromatic heterocycles. The summed E-state index contributed by atoms with van der Waals surface area (Å²) >= 11 is -1.32. The van der Waals surface area contributed by atoms with E-state index in [9.17, 15) is 31.1 Å². The van der Waals surface area contributed by atoms with Crippen molar-refractivity contribution in [2.45, 2.75) is 22.0 Å². The monoisotopic (exact) mass is 486 g/mol. The number of halogens is 4. The number of thioether (sulfide) groups is 1. The van der Waals surface area contributed by atoms with Crippen molar-refractivity contribution in [3.8, 4) is 5.75 Å². The van der Waals surface area contributed by atoms with Crippen molar-refractivity contribution in [1.82, 2.24) is 4.98 Å². The normalized spacial score (nSPS) is 12.3. The number of aromatic nitrogens is 1. The topological polar surface area (TPSA) is 88.5 Å². The minimum absolute atomic E-state index is 0.0326. The van der Waals surface area contributed by atoms with E-state index >= 15 is 0 Å². The van der Waals surface area contributed by atoms with Gasteiger partial charge in [0.1, 0.15) is 11.6 Å². The molecule has 1 unspecified atom stereocenters. The standard InChI is InChI=1S/C20H14F4N2O4S2/c21-14-2-4-15(5-3-14)26-19(27)12-1-8-18(25-10-12)31-11-13-9-16(30-20(22,23)24)6-7-17(13)32(28)29/h1-10H,11H2,(H,26,27)(H,28,29). The third-order valence-corrected chi connectivity index (χ3v) is 5.70. The van der Waals surface area contributed by atoms with Gasteiger partial charge in [0, 0.05) is 17.6 Å². The van der Waals surface area contributed by atoms with E-state index < -0.39 is 34.9 Å². The van der Waals surface area contributed by atoms with Crippen molar-refractivity contribution >= 4 is 34.4 Å². The molecule has 2 N–H and O–H groups in total. The molecule has 0 aliphatic rings. The zero-order valence-electron chi connectivity index (χ0n) is 15.9. The highest BCUT2D eigenvalue weighted by Gasteiger charge is 2.31. The van der Waals surface area contributed by atoms with E-state index in [0.29, 0.717) is 10.7 Å². The van der Waals surface area contributed by atoms with Gasteiger partial charge in [-0.1, -0.05) is 0 Å². The molecule has 0 bridgehead atoms. The Hall–Kier alpha value is -2.96. The maximum absolute atomic E-state index is 12.9. The van der Waals surface area contributed by atoms with Gasteiger partial charge in [0.05, 0.1) is 15.5 Å². The molecule has 0 saturated carbocycles. The number of nitrogens with one attached hydrogen (secondary N) is 1. The molecule has 0 fully saturated rings. The number of nitrogens with zero attached hydrogens (tertiary/aromatic N) is 1. The molecule has 1 atom stereocenters. The number of hydrogen-bond donors (Lipinski definition) is 2. The molecule has 32 heavy (non-hydrogen) atoms. The number of anilines is 1. The summed E-state index contributed by atoms with van der Waals surface area (Å²) in [7, 11) is 0. The first-order valence-electron chi connectivity index (χ1n) is 8.76. The largest absolute Gasteiger partial charge is 0.573 e. The van der Waals surface area contributed by atoms with Crippen LogP contribution >= 0.6 is 11.8 Å². The van der Waals surface area contributed by atoms with Gasteiger partial charge in [-0.3, -0.25) is 4.79 Å². The molecular weight excluding hydrogens is 472 g/mol. The van der Waals surface area contributed by atoms with Crippen LogP contribution in [0.5, 0.6) is 5.75 Å². The number of amides is 1. The molecule has 2 aromatic carbocycles. The fourth-order valence-corrected chi connectivity index (χ4v) is 3.99. The Balaban J connectivity index is 1.68. The van der Waals surface area contributed by atoms with Gasteiger partial charge in [0.25, 0.3) is 5.91 Å². The first-order chi connectivity index (χ1) is 15.1. The summed E-state index contributed by atoms with van der Waals surface area (Å²) < 4.78 is 75.0. The molecular formula is C20H14F4N2O4S2. The Bertz CT molecular complexity index is 1120. The lowest BCUT2D eigenvalue weighted by Crippen LogP contribution is -2.17. The summed E-state index contributed by atoms with van der Waals surface area (Å²) in [5.74, 6) is -1.38. The fourth-order valence-electron chi connectivity index (χ4n) is 2.52. The van der Waals surface area contributed by atoms with Crippen LogP contribution in [0.4, 0.5) is 23.2 Å². The van der Waals surface area contributed by atoms with Gasteiger partial charge in [-0.2, -0.15) is 0 Å². The van der Waals surface area contributed by atoms with E-state index in [-0.39, 0.29) is 21.8 Å². The van der Waals surface area contributed by atoms with Gasteiger partial charge >= 0.3 is 6.36 Å². The lowest BCUT2D eigenvalue weighted by Gasteiger charge is -2.12. The molecule has 6 nitrogen and oxygen atoms in total. The molecule has 0 aliphatic carbocycles. The van der Waals surface area contributed by atoms with E-state index in [1.807, 2.05) is 0 Å². The van der Waals surface area contributed by atoms with Crippen molar-refractivity contribution < 1.29 is 35.9 Å². The average Bonchev–Trinajstić information content (AvgIpc) is 2.73. The Kier molecular flexibility index (Phi) is 7.48. The summed E-state index contributed by atoms with van der Waals surface area (Å²) in [6, 6.07) is 11.3.